The normalized spacial score (nSPS) is 11.9. The van der Waals surface area contributed by atoms with Gasteiger partial charge in [-0.1, -0.05) is 18.2 Å². The van der Waals surface area contributed by atoms with Crippen molar-refractivity contribution < 1.29 is 24.5 Å². The number of carbonyl (C=O) groups excluding carboxylic acids is 1. The lowest BCUT2D eigenvalue weighted by molar-refractivity contribution is -0.140. The highest BCUT2D eigenvalue weighted by molar-refractivity contribution is 7.81. The van der Waals surface area contributed by atoms with Crippen LogP contribution < -0.4 is 4.74 Å². The smallest absolute Gasteiger partial charge is 0.315 e. The number of aliphatic hydroxyl groups excluding tert-OH is 2. The summed E-state index contributed by atoms with van der Waals surface area (Å²) in [4.78, 5) is 10.9. The van der Waals surface area contributed by atoms with Crippen molar-refractivity contribution in [2.45, 2.75) is 18.9 Å². The predicted octanol–water partition coefficient (Wildman–Crippen LogP) is 1.34. The highest BCUT2D eigenvalue weighted by Gasteiger charge is 2.13. The summed E-state index contributed by atoms with van der Waals surface area (Å²) in [6.07, 6.45) is 0.313. The maximum Gasteiger partial charge on any atom is 0.315 e. The van der Waals surface area contributed by atoms with Crippen LogP contribution in [-0.2, 0) is 9.53 Å². The van der Waals surface area contributed by atoms with E-state index in [0.717, 1.165) is 0 Å². The van der Waals surface area contributed by atoms with E-state index in [9.17, 15) is 9.90 Å². The molecule has 1 rings (SSSR count). The second kappa shape index (κ2) is 9.63. The lowest BCUT2D eigenvalue weighted by atomic mass is 10.0. The van der Waals surface area contributed by atoms with E-state index >= 15 is 0 Å². The van der Waals surface area contributed by atoms with Crippen LogP contribution in [0.25, 0.3) is 0 Å². The molecule has 0 amide bonds. The van der Waals surface area contributed by atoms with Gasteiger partial charge in [0, 0.05) is 5.56 Å². The zero-order valence-electron chi connectivity index (χ0n) is 11.2. The summed E-state index contributed by atoms with van der Waals surface area (Å²) in [6.45, 7) is 0.365. The summed E-state index contributed by atoms with van der Waals surface area (Å²) in [5.41, 5.74) is 0.668. The summed E-state index contributed by atoms with van der Waals surface area (Å²) in [7, 11) is 0. The van der Waals surface area contributed by atoms with Gasteiger partial charge in [0.1, 0.15) is 12.4 Å². The lowest BCUT2D eigenvalue weighted by Crippen LogP contribution is -2.09. The molecule has 1 aromatic rings. The Morgan fingerprint density at radius 1 is 1.30 bits per heavy atom. The number of aliphatic hydroxyl groups is 2. The molecule has 0 radical (unpaired) electrons. The molecule has 1 aromatic carbocycles. The molecule has 1 atom stereocenters. The van der Waals surface area contributed by atoms with Crippen LogP contribution in [-0.4, -0.2) is 41.8 Å². The molecule has 0 heterocycles. The van der Waals surface area contributed by atoms with Crippen LogP contribution >= 0.6 is 12.6 Å². The second-order valence-corrected chi connectivity index (χ2v) is 4.46. The van der Waals surface area contributed by atoms with Crippen molar-refractivity contribution in [3.63, 3.8) is 0 Å². The average molecular weight is 300 g/mol. The maximum atomic E-state index is 10.9. The van der Waals surface area contributed by atoms with Crippen molar-refractivity contribution >= 4 is 18.6 Å². The molecule has 0 fully saturated rings. The minimum absolute atomic E-state index is 0.0559. The van der Waals surface area contributed by atoms with Crippen molar-refractivity contribution in [3.8, 4) is 5.75 Å². The fourth-order valence-corrected chi connectivity index (χ4v) is 1.80. The zero-order valence-corrected chi connectivity index (χ0v) is 12.1. The molecule has 0 bridgehead atoms. The molecular formula is C14H20O5S. The molecule has 112 valence electrons. The summed E-state index contributed by atoms with van der Waals surface area (Å²) in [6, 6.07) is 7.13. The van der Waals surface area contributed by atoms with E-state index in [4.69, 9.17) is 14.6 Å². The number of rotatable bonds is 9. The minimum Gasteiger partial charge on any atom is -0.491 e. The molecule has 6 heteroatoms. The number of para-hydroxylation sites is 1. The Bertz CT molecular complexity index is 410. The number of ether oxygens (including phenoxy) is 2. The first kappa shape index (κ1) is 16.8. The van der Waals surface area contributed by atoms with Gasteiger partial charge in [-0.2, -0.15) is 12.6 Å². The molecule has 0 aliphatic carbocycles. The number of thiol groups is 1. The Labute approximate surface area is 123 Å². The van der Waals surface area contributed by atoms with Crippen molar-refractivity contribution in [1.29, 1.82) is 0 Å². The monoisotopic (exact) mass is 300 g/mol. The van der Waals surface area contributed by atoms with Crippen molar-refractivity contribution in [3.05, 3.63) is 29.8 Å². The minimum atomic E-state index is -0.695. The summed E-state index contributed by atoms with van der Waals surface area (Å²) < 4.78 is 10.2. The van der Waals surface area contributed by atoms with Crippen LogP contribution in [0, 0.1) is 0 Å². The Morgan fingerprint density at radius 2 is 2.05 bits per heavy atom. The van der Waals surface area contributed by atoms with Gasteiger partial charge in [0.2, 0.25) is 0 Å². The van der Waals surface area contributed by atoms with E-state index in [1.54, 1.807) is 18.2 Å². The highest BCUT2D eigenvalue weighted by atomic mass is 32.1. The fraction of sp³-hybridized carbons (Fsp3) is 0.500. The average Bonchev–Trinajstić information content (AvgIpc) is 2.49. The third-order valence-electron chi connectivity index (χ3n) is 2.64. The van der Waals surface area contributed by atoms with Gasteiger partial charge in [-0.15, -0.1) is 0 Å². The lowest BCUT2D eigenvalue weighted by Gasteiger charge is -2.15. The van der Waals surface area contributed by atoms with E-state index in [1.165, 1.54) is 0 Å². The van der Waals surface area contributed by atoms with Gasteiger partial charge >= 0.3 is 5.97 Å². The topological polar surface area (TPSA) is 76.0 Å². The zero-order chi connectivity index (χ0) is 14.8. The van der Waals surface area contributed by atoms with Gasteiger partial charge in [0.05, 0.1) is 25.1 Å². The predicted molar refractivity (Wildman–Crippen MR) is 78.0 cm³/mol. The molecule has 0 unspecified atom stereocenters. The van der Waals surface area contributed by atoms with Crippen LogP contribution in [0.5, 0.6) is 5.75 Å². The number of benzene rings is 1. The molecule has 0 spiro atoms. The first-order valence-corrected chi connectivity index (χ1v) is 7.09. The summed E-state index contributed by atoms with van der Waals surface area (Å²) in [5.74, 6) is 0.247. The van der Waals surface area contributed by atoms with E-state index in [-0.39, 0.29) is 31.5 Å². The van der Waals surface area contributed by atoms with Crippen LogP contribution in [0.1, 0.15) is 24.5 Å². The molecule has 0 aliphatic rings. The molecule has 0 aliphatic heterocycles. The van der Waals surface area contributed by atoms with Gasteiger partial charge in [0.25, 0.3) is 0 Å². The first-order valence-electron chi connectivity index (χ1n) is 6.46. The summed E-state index contributed by atoms with van der Waals surface area (Å²) in [5, 5.41) is 18.9. The molecule has 5 nitrogen and oxygen atoms in total. The molecule has 20 heavy (non-hydrogen) atoms. The third kappa shape index (κ3) is 5.81. The third-order valence-corrected chi connectivity index (χ3v) is 2.90. The van der Waals surface area contributed by atoms with E-state index < -0.39 is 6.10 Å². The number of esters is 1. The van der Waals surface area contributed by atoms with Crippen LogP contribution in [0.2, 0.25) is 0 Å². The van der Waals surface area contributed by atoms with Crippen LogP contribution in [0.15, 0.2) is 24.3 Å². The van der Waals surface area contributed by atoms with E-state index in [1.807, 2.05) is 6.07 Å². The van der Waals surface area contributed by atoms with Crippen LogP contribution in [0.4, 0.5) is 0 Å². The maximum absolute atomic E-state index is 10.9. The quantitative estimate of drug-likeness (QED) is 0.364. The Balaban J connectivity index is 2.46. The summed E-state index contributed by atoms with van der Waals surface area (Å²) >= 11 is 3.80. The van der Waals surface area contributed by atoms with Gasteiger partial charge in [-0.3, -0.25) is 4.79 Å². The molecule has 0 aromatic heterocycles. The molecule has 2 N–H and O–H groups in total. The Morgan fingerprint density at radius 3 is 2.75 bits per heavy atom. The van der Waals surface area contributed by atoms with E-state index in [0.29, 0.717) is 24.2 Å². The highest BCUT2D eigenvalue weighted by Crippen LogP contribution is 2.27. The van der Waals surface area contributed by atoms with Gasteiger partial charge in [-0.05, 0) is 18.9 Å². The van der Waals surface area contributed by atoms with Crippen molar-refractivity contribution in [1.82, 2.24) is 0 Å². The fourth-order valence-electron chi connectivity index (χ4n) is 1.71. The second-order valence-electron chi connectivity index (χ2n) is 4.15. The molecular weight excluding hydrogens is 280 g/mol. The number of hydrogen-bond acceptors (Lipinski definition) is 6. The Hall–Kier alpha value is -1.24. The van der Waals surface area contributed by atoms with E-state index in [2.05, 4.69) is 12.6 Å². The Kier molecular flexibility index (Phi) is 8.10. The van der Waals surface area contributed by atoms with Crippen molar-refractivity contribution in [2.75, 3.05) is 25.6 Å². The molecule has 0 saturated carbocycles. The van der Waals surface area contributed by atoms with Gasteiger partial charge in [-0.25, -0.2) is 0 Å². The van der Waals surface area contributed by atoms with Gasteiger partial charge < -0.3 is 19.7 Å². The number of hydrogen-bond donors (Lipinski definition) is 3. The number of carbonyl (C=O) groups is 1. The standard InChI is InChI=1S/C14H20O5S/c15-7-9-18-13-6-2-1-4-11(13)12(16)5-3-8-19-14(17)10-20/h1-2,4,6,12,15-16,20H,3,5,7-10H2/t12-/m0/s1. The first-order chi connectivity index (χ1) is 9.69. The SMILES string of the molecule is O=C(CS)OCCC[C@H](O)c1ccccc1OCCO. The van der Waals surface area contributed by atoms with Crippen LogP contribution in [0.3, 0.4) is 0 Å². The molecule has 0 saturated heterocycles. The largest absolute Gasteiger partial charge is 0.491 e. The van der Waals surface area contributed by atoms with Crippen molar-refractivity contribution in [2.24, 2.45) is 0 Å². The van der Waals surface area contributed by atoms with Gasteiger partial charge in [0.15, 0.2) is 0 Å².